The number of amides is 1. The van der Waals surface area contributed by atoms with Gasteiger partial charge in [0.2, 0.25) is 0 Å². The molecule has 2 aliphatic heterocycles. The minimum absolute atomic E-state index is 0.0146. The van der Waals surface area contributed by atoms with E-state index in [4.69, 9.17) is 21.1 Å². The van der Waals surface area contributed by atoms with Gasteiger partial charge in [0, 0.05) is 5.02 Å². The molecule has 2 aliphatic rings. The quantitative estimate of drug-likeness (QED) is 0.480. The number of aliphatic hydroxyl groups is 4. The van der Waals surface area contributed by atoms with E-state index in [1.165, 1.54) is 0 Å². The van der Waals surface area contributed by atoms with Gasteiger partial charge in [-0.2, -0.15) is 0 Å². The third-order valence-corrected chi connectivity index (χ3v) is 5.73. The lowest BCUT2D eigenvalue weighted by Gasteiger charge is -2.40. The standard InChI is InChI=1S/C21H22ClNO7/c22-13-3-2-11(21-20(28)19(27)18(26)16(8-24)30-21)7-12(13)5-10-1-4-15-14(6-10)23-17(25)9-29-15/h1-4,6-7,16,18-21,24,26-28H,5,8-9H2,(H,23,25)/t16-,18-,19+,20+,21+/m1/s1. The van der Waals surface area contributed by atoms with Gasteiger partial charge >= 0.3 is 0 Å². The molecule has 2 heterocycles. The number of hydrogen-bond acceptors (Lipinski definition) is 7. The molecule has 2 aromatic carbocycles. The second-order valence-corrected chi connectivity index (χ2v) is 7.85. The molecule has 9 heteroatoms. The topological polar surface area (TPSA) is 128 Å². The third-order valence-electron chi connectivity index (χ3n) is 5.36. The Morgan fingerprint density at radius 3 is 2.63 bits per heavy atom. The molecule has 0 aromatic heterocycles. The SMILES string of the molecule is O=C1COc2ccc(Cc3cc([C@@H]4O[C@H](CO)[C@@H](O)[C@H](O)[C@@H]4O)ccc3Cl)cc2N1. The van der Waals surface area contributed by atoms with Crippen LogP contribution in [0.25, 0.3) is 0 Å². The van der Waals surface area contributed by atoms with Crippen molar-refractivity contribution in [3.8, 4) is 5.75 Å². The highest BCUT2D eigenvalue weighted by molar-refractivity contribution is 6.31. The van der Waals surface area contributed by atoms with Crippen LogP contribution < -0.4 is 10.1 Å². The van der Waals surface area contributed by atoms with Crippen LogP contribution in [0, 0.1) is 0 Å². The summed E-state index contributed by atoms with van der Waals surface area (Å²) in [5.74, 6) is 0.377. The fraction of sp³-hybridized carbons (Fsp3) is 0.381. The Kier molecular flexibility index (Phi) is 5.97. The monoisotopic (exact) mass is 435 g/mol. The molecule has 0 saturated carbocycles. The summed E-state index contributed by atoms with van der Waals surface area (Å²) in [5.41, 5.74) is 2.77. The van der Waals surface area contributed by atoms with Crippen molar-refractivity contribution in [2.24, 2.45) is 0 Å². The highest BCUT2D eigenvalue weighted by Gasteiger charge is 2.44. The van der Waals surface area contributed by atoms with E-state index in [1.807, 2.05) is 12.1 Å². The Morgan fingerprint density at radius 2 is 1.87 bits per heavy atom. The Morgan fingerprint density at radius 1 is 1.07 bits per heavy atom. The van der Waals surface area contributed by atoms with Crippen molar-refractivity contribution in [1.29, 1.82) is 0 Å². The summed E-state index contributed by atoms with van der Waals surface area (Å²) < 4.78 is 11.0. The summed E-state index contributed by atoms with van der Waals surface area (Å²) in [7, 11) is 0. The molecule has 1 saturated heterocycles. The summed E-state index contributed by atoms with van der Waals surface area (Å²) in [4.78, 5) is 11.6. The minimum Gasteiger partial charge on any atom is -0.482 e. The number of benzene rings is 2. The van der Waals surface area contributed by atoms with E-state index in [1.54, 1.807) is 24.3 Å². The van der Waals surface area contributed by atoms with E-state index in [-0.39, 0.29) is 12.5 Å². The van der Waals surface area contributed by atoms with Crippen LogP contribution in [0.5, 0.6) is 5.75 Å². The van der Waals surface area contributed by atoms with Crippen molar-refractivity contribution in [1.82, 2.24) is 0 Å². The average molecular weight is 436 g/mol. The predicted octanol–water partition coefficient (Wildman–Crippen LogP) is 0.777. The summed E-state index contributed by atoms with van der Waals surface area (Å²) in [6, 6.07) is 10.5. The molecule has 5 N–H and O–H groups in total. The molecule has 4 rings (SSSR count). The van der Waals surface area contributed by atoms with Crippen molar-refractivity contribution >= 4 is 23.2 Å². The highest BCUT2D eigenvalue weighted by Crippen LogP contribution is 2.35. The Labute approximate surface area is 177 Å². The van der Waals surface area contributed by atoms with Crippen molar-refractivity contribution in [3.05, 3.63) is 58.1 Å². The second-order valence-electron chi connectivity index (χ2n) is 7.44. The van der Waals surface area contributed by atoms with Crippen LogP contribution in [0.2, 0.25) is 5.02 Å². The van der Waals surface area contributed by atoms with Crippen LogP contribution in [0.4, 0.5) is 5.69 Å². The first-order valence-electron chi connectivity index (χ1n) is 9.52. The molecule has 30 heavy (non-hydrogen) atoms. The van der Waals surface area contributed by atoms with Gasteiger partial charge in [0.1, 0.15) is 36.3 Å². The molecule has 5 atom stereocenters. The first-order chi connectivity index (χ1) is 14.4. The number of halogens is 1. The van der Waals surface area contributed by atoms with Gasteiger partial charge in [-0.05, 0) is 41.3 Å². The average Bonchev–Trinajstić information content (AvgIpc) is 2.74. The Hall–Kier alpha value is -2.20. The number of carbonyl (C=O) groups is 1. The summed E-state index contributed by atoms with van der Waals surface area (Å²) in [5, 5.41) is 43.1. The number of carbonyl (C=O) groups excluding carboxylic acids is 1. The first-order valence-corrected chi connectivity index (χ1v) is 9.89. The molecule has 0 spiro atoms. The van der Waals surface area contributed by atoms with Crippen LogP contribution in [-0.2, 0) is 16.0 Å². The van der Waals surface area contributed by atoms with Crippen LogP contribution in [0.15, 0.2) is 36.4 Å². The van der Waals surface area contributed by atoms with Gasteiger partial charge in [0.15, 0.2) is 6.61 Å². The molecular formula is C21H22ClNO7. The van der Waals surface area contributed by atoms with Crippen LogP contribution >= 0.6 is 11.6 Å². The lowest BCUT2D eigenvalue weighted by Crippen LogP contribution is -2.55. The van der Waals surface area contributed by atoms with Crippen molar-refractivity contribution in [3.63, 3.8) is 0 Å². The van der Waals surface area contributed by atoms with Crippen LogP contribution in [0.1, 0.15) is 22.8 Å². The number of nitrogens with one attached hydrogen (secondary N) is 1. The predicted molar refractivity (Wildman–Crippen MR) is 108 cm³/mol. The number of rotatable bonds is 4. The molecule has 160 valence electrons. The van der Waals surface area contributed by atoms with Gasteiger partial charge in [-0.15, -0.1) is 0 Å². The van der Waals surface area contributed by atoms with Gasteiger partial charge < -0.3 is 35.2 Å². The zero-order chi connectivity index (χ0) is 21.4. The van der Waals surface area contributed by atoms with Crippen molar-refractivity contribution in [2.75, 3.05) is 18.5 Å². The highest BCUT2D eigenvalue weighted by atomic mass is 35.5. The van der Waals surface area contributed by atoms with E-state index >= 15 is 0 Å². The fourth-order valence-corrected chi connectivity index (χ4v) is 3.93. The Balaban J connectivity index is 1.60. The molecule has 2 aromatic rings. The third kappa shape index (κ3) is 4.02. The zero-order valence-corrected chi connectivity index (χ0v) is 16.6. The number of ether oxygens (including phenoxy) is 2. The van der Waals surface area contributed by atoms with Gasteiger partial charge in [-0.1, -0.05) is 29.8 Å². The molecular weight excluding hydrogens is 414 g/mol. The summed E-state index contributed by atoms with van der Waals surface area (Å²) >= 11 is 6.37. The largest absolute Gasteiger partial charge is 0.482 e. The molecule has 1 fully saturated rings. The second kappa shape index (κ2) is 8.50. The van der Waals surface area contributed by atoms with Crippen molar-refractivity contribution < 1.29 is 34.7 Å². The maximum atomic E-state index is 11.6. The maximum absolute atomic E-state index is 11.6. The van der Waals surface area contributed by atoms with Gasteiger partial charge in [-0.3, -0.25) is 4.79 Å². The summed E-state index contributed by atoms with van der Waals surface area (Å²) in [6.45, 7) is -0.510. The first kappa shape index (κ1) is 21.0. The normalized spacial score (nSPS) is 28.4. The lowest BCUT2D eigenvalue weighted by molar-refractivity contribution is -0.231. The van der Waals surface area contributed by atoms with Gasteiger partial charge in [0.25, 0.3) is 5.91 Å². The molecule has 0 aliphatic carbocycles. The minimum atomic E-state index is -1.45. The zero-order valence-electron chi connectivity index (χ0n) is 15.9. The number of fused-ring (bicyclic) bond motifs is 1. The smallest absolute Gasteiger partial charge is 0.262 e. The molecule has 1 amide bonds. The van der Waals surface area contributed by atoms with E-state index in [9.17, 15) is 25.2 Å². The molecule has 0 radical (unpaired) electrons. The number of anilines is 1. The number of aliphatic hydroxyl groups excluding tert-OH is 4. The van der Waals surface area contributed by atoms with E-state index in [0.29, 0.717) is 28.4 Å². The number of hydrogen-bond donors (Lipinski definition) is 5. The maximum Gasteiger partial charge on any atom is 0.262 e. The fourth-order valence-electron chi connectivity index (χ4n) is 3.74. The summed E-state index contributed by atoms with van der Waals surface area (Å²) in [6.07, 6.45) is -5.73. The molecule has 0 unspecified atom stereocenters. The van der Waals surface area contributed by atoms with Gasteiger partial charge in [0.05, 0.1) is 12.3 Å². The van der Waals surface area contributed by atoms with E-state index < -0.39 is 37.1 Å². The molecule has 0 bridgehead atoms. The molecule has 8 nitrogen and oxygen atoms in total. The van der Waals surface area contributed by atoms with E-state index in [0.717, 1.165) is 11.1 Å². The van der Waals surface area contributed by atoms with Crippen molar-refractivity contribution in [2.45, 2.75) is 36.9 Å². The van der Waals surface area contributed by atoms with Crippen LogP contribution in [-0.4, -0.2) is 64.0 Å². The van der Waals surface area contributed by atoms with E-state index in [2.05, 4.69) is 5.32 Å². The Bertz CT molecular complexity index is 951. The van der Waals surface area contributed by atoms with Gasteiger partial charge in [-0.25, -0.2) is 0 Å². The lowest BCUT2D eigenvalue weighted by atomic mass is 9.90. The van der Waals surface area contributed by atoms with Crippen LogP contribution in [0.3, 0.4) is 0 Å².